The number of pyridine rings is 1. The van der Waals surface area contributed by atoms with Crippen LogP contribution in [0.5, 0.6) is 5.75 Å². The zero-order valence-corrected chi connectivity index (χ0v) is 17.2. The highest BCUT2D eigenvalue weighted by molar-refractivity contribution is 5.98. The van der Waals surface area contributed by atoms with Crippen LogP contribution in [-0.2, 0) is 20.1 Å². The number of benzene rings is 2. The van der Waals surface area contributed by atoms with Gasteiger partial charge >= 0.3 is 0 Å². The molecule has 5 rings (SSSR count). The number of rotatable bonds is 4. The Labute approximate surface area is 174 Å². The molecule has 4 aromatic rings. The van der Waals surface area contributed by atoms with Crippen molar-refractivity contribution in [3.8, 4) is 16.9 Å². The van der Waals surface area contributed by atoms with Crippen LogP contribution in [0.2, 0.25) is 0 Å². The van der Waals surface area contributed by atoms with Crippen LogP contribution >= 0.6 is 0 Å². The number of aromatic nitrogens is 3. The van der Waals surface area contributed by atoms with Gasteiger partial charge in [-0.15, -0.1) is 0 Å². The number of methoxy groups -OCH3 is 1. The Morgan fingerprint density at radius 1 is 1.13 bits per heavy atom. The number of hydrogen-bond donors (Lipinski definition) is 0. The minimum Gasteiger partial charge on any atom is -0.494 e. The van der Waals surface area contributed by atoms with Crippen molar-refractivity contribution in [2.24, 2.45) is 7.05 Å². The van der Waals surface area contributed by atoms with E-state index >= 15 is 0 Å². The molecule has 0 N–H and O–H groups in total. The number of carbonyl (C=O) groups is 1. The number of amides is 1. The van der Waals surface area contributed by atoms with E-state index < -0.39 is 0 Å². The lowest BCUT2D eigenvalue weighted by Crippen LogP contribution is -2.23. The first-order valence-electron chi connectivity index (χ1n) is 9.88. The molecule has 150 valence electrons. The number of aryl methyl sites for hydroxylation is 2. The summed E-state index contributed by atoms with van der Waals surface area (Å²) < 4.78 is 7.28. The summed E-state index contributed by atoms with van der Waals surface area (Å²) in [5.41, 5.74) is 6.94. The van der Waals surface area contributed by atoms with Crippen molar-refractivity contribution in [3.63, 3.8) is 0 Å². The smallest absolute Gasteiger partial charge is 0.256 e. The van der Waals surface area contributed by atoms with Crippen molar-refractivity contribution >= 4 is 16.8 Å². The second-order valence-electron chi connectivity index (χ2n) is 7.68. The van der Waals surface area contributed by atoms with Crippen LogP contribution in [0.15, 0.2) is 54.9 Å². The van der Waals surface area contributed by atoms with E-state index in [0.717, 1.165) is 44.6 Å². The number of hydrogen-bond acceptors (Lipinski definition) is 4. The van der Waals surface area contributed by atoms with Crippen LogP contribution in [0.4, 0.5) is 0 Å². The van der Waals surface area contributed by atoms with E-state index in [1.165, 1.54) is 0 Å². The molecule has 2 aromatic carbocycles. The van der Waals surface area contributed by atoms with Crippen LogP contribution in [0.3, 0.4) is 0 Å². The molecule has 6 nitrogen and oxygen atoms in total. The van der Waals surface area contributed by atoms with Gasteiger partial charge in [0.2, 0.25) is 0 Å². The lowest BCUT2D eigenvalue weighted by Gasteiger charge is -2.18. The van der Waals surface area contributed by atoms with Crippen molar-refractivity contribution in [1.82, 2.24) is 19.7 Å². The molecule has 0 atom stereocenters. The minimum atomic E-state index is 0.0498. The van der Waals surface area contributed by atoms with Crippen molar-refractivity contribution in [2.75, 3.05) is 7.11 Å². The fourth-order valence-corrected chi connectivity index (χ4v) is 4.17. The molecular formula is C24H22N4O2. The topological polar surface area (TPSA) is 60.2 Å². The Morgan fingerprint density at radius 3 is 2.77 bits per heavy atom. The zero-order valence-electron chi connectivity index (χ0n) is 17.2. The van der Waals surface area contributed by atoms with E-state index in [9.17, 15) is 4.79 Å². The first-order valence-corrected chi connectivity index (χ1v) is 9.88. The summed E-state index contributed by atoms with van der Waals surface area (Å²) in [6.45, 7) is 3.23. The van der Waals surface area contributed by atoms with E-state index in [4.69, 9.17) is 4.74 Å². The van der Waals surface area contributed by atoms with Gasteiger partial charge in [-0.05, 0) is 53.4 Å². The summed E-state index contributed by atoms with van der Waals surface area (Å²) in [5.74, 6) is 0.817. The van der Waals surface area contributed by atoms with Crippen LogP contribution in [-0.4, -0.2) is 32.7 Å². The molecule has 0 unspecified atom stereocenters. The Kier molecular flexibility index (Phi) is 4.28. The van der Waals surface area contributed by atoms with E-state index in [0.29, 0.717) is 18.7 Å². The highest BCUT2D eigenvalue weighted by Crippen LogP contribution is 2.34. The molecule has 1 aliphatic heterocycles. The molecule has 0 fully saturated rings. The van der Waals surface area contributed by atoms with Crippen molar-refractivity contribution in [2.45, 2.75) is 20.0 Å². The highest BCUT2D eigenvalue weighted by Gasteiger charge is 2.28. The molecule has 0 spiro atoms. The third-order valence-electron chi connectivity index (χ3n) is 5.74. The predicted molar refractivity (Wildman–Crippen MR) is 115 cm³/mol. The van der Waals surface area contributed by atoms with Gasteiger partial charge in [0.1, 0.15) is 11.3 Å². The number of fused-ring (bicyclic) bond motifs is 2. The van der Waals surface area contributed by atoms with Gasteiger partial charge in [0.25, 0.3) is 5.91 Å². The van der Waals surface area contributed by atoms with E-state index in [2.05, 4.69) is 41.3 Å². The largest absolute Gasteiger partial charge is 0.494 e. The number of nitrogens with zero attached hydrogens (tertiary/aromatic N) is 4. The third-order valence-corrected chi connectivity index (χ3v) is 5.74. The zero-order chi connectivity index (χ0) is 20.8. The fourth-order valence-electron chi connectivity index (χ4n) is 4.17. The summed E-state index contributed by atoms with van der Waals surface area (Å²) in [6, 6.07) is 14.1. The van der Waals surface area contributed by atoms with Gasteiger partial charge in [-0.2, -0.15) is 5.10 Å². The average Bonchev–Trinajstić information content (AvgIpc) is 3.29. The molecule has 1 aliphatic rings. The Bertz CT molecular complexity index is 1290. The molecule has 3 heterocycles. The molecule has 0 radical (unpaired) electrons. The van der Waals surface area contributed by atoms with Crippen molar-refractivity contribution < 1.29 is 9.53 Å². The molecule has 0 saturated carbocycles. The second-order valence-corrected chi connectivity index (χ2v) is 7.68. The monoisotopic (exact) mass is 398 g/mol. The molecule has 0 aliphatic carbocycles. The maximum Gasteiger partial charge on any atom is 0.256 e. The lowest BCUT2D eigenvalue weighted by atomic mass is 9.97. The Balaban J connectivity index is 1.47. The maximum atomic E-state index is 12.7. The predicted octanol–water partition coefficient (Wildman–Crippen LogP) is 4.11. The van der Waals surface area contributed by atoms with E-state index in [-0.39, 0.29) is 5.91 Å². The van der Waals surface area contributed by atoms with Gasteiger partial charge in [0.05, 0.1) is 24.9 Å². The van der Waals surface area contributed by atoms with Crippen LogP contribution in [0.25, 0.3) is 22.0 Å². The highest BCUT2D eigenvalue weighted by atomic mass is 16.5. The van der Waals surface area contributed by atoms with Gasteiger partial charge in [-0.1, -0.05) is 18.2 Å². The van der Waals surface area contributed by atoms with Gasteiger partial charge in [0.15, 0.2) is 0 Å². The quantitative estimate of drug-likeness (QED) is 0.519. The SMILES string of the molecule is COc1ccc(-c2ccc(CN3Cc4ncccc4C3=O)c(C)c2)c2cn(C)nc12. The molecule has 2 aromatic heterocycles. The van der Waals surface area contributed by atoms with Gasteiger partial charge < -0.3 is 9.64 Å². The van der Waals surface area contributed by atoms with Gasteiger partial charge in [-0.25, -0.2) is 0 Å². The van der Waals surface area contributed by atoms with Gasteiger partial charge in [-0.3, -0.25) is 14.5 Å². The fraction of sp³-hybridized carbons (Fsp3) is 0.208. The van der Waals surface area contributed by atoms with Crippen LogP contribution < -0.4 is 4.74 Å². The molecule has 1 amide bonds. The summed E-state index contributed by atoms with van der Waals surface area (Å²) >= 11 is 0. The first kappa shape index (κ1) is 18.4. The summed E-state index contributed by atoms with van der Waals surface area (Å²) in [7, 11) is 3.58. The van der Waals surface area contributed by atoms with Crippen LogP contribution in [0, 0.1) is 6.92 Å². The normalized spacial score (nSPS) is 13.2. The van der Waals surface area contributed by atoms with Crippen molar-refractivity contribution in [1.29, 1.82) is 0 Å². The Hall–Kier alpha value is -3.67. The standard InChI is InChI=1S/C24H22N4O2/c1-15-11-16(18-8-9-22(30-3)23-20(18)13-27(2)26-23)6-7-17(15)12-28-14-21-19(24(28)29)5-4-10-25-21/h4-11,13H,12,14H2,1-3H3. The summed E-state index contributed by atoms with van der Waals surface area (Å²) in [4.78, 5) is 18.9. The van der Waals surface area contributed by atoms with Gasteiger partial charge in [0, 0.05) is 31.4 Å². The van der Waals surface area contributed by atoms with E-state index in [1.54, 1.807) is 13.3 Å². The molecule has 0 bridgehead atoms. The molecule has 6 heteroatoms. The third kappa shape index (κ3) is 2.92. The first-order chi connectivity index (χ1) is 14.5. The Morgan fingerprint density at radius 2 is 2.00 bits per heavy atom. The lowest BCUT2D eigenvalue weighted by molar-refractivity contribution is 0.0766. The average molecular weight is 398 g/mol. The maximum absolute atomic E-state index is 12.7. The number of ether oxygens (including phenoxy) is 1. The van der Waals surface area contributed by atoms with Crippen LogP contribution in [0.1, 0.15) is 27.2 Å². The molecule has 0 saturated heterocycles. The van der Waals surface area contributed by atoms with E-state index in [1.807, 2.05) is 41.0 Å². The minimum absolute atomic E-state index is 0.0498. The summed E-state index contributed by atoms with van der Waals surface area (Å²) in [5, 5.41) is 5.60. The van der Waals surface area contributed by atoms with Crippen molar-refractivity contribution in [3.05, 3.63) is 77.2 Å². The molecule has 30 heavy (non-hydrogen) atoms. The molecular weight excluding hydrogens is 376 g/mol. The summed E-state index contributed by atoms with van der Waals surface area (Å²) in [6.07, 6.45) is 3.76. The number of carbonyl (C=O) groups excluding carboxylic acids is 1. The second kappa shape index (κ2) is 6.99.